The number of hydrogen-bond donors (Lipinski definition) is 1. The van der Waals surface area contributed by atoms with E-state index in [0.29, 0.717) is 17.9 Å². The Morgan fingerprint density at radius 1 is 1.12 bits per heavy atom. The van der Waals surface area contributed by atoms with E-state index in [2.05, 4.69) is 10.6 Å². The summed E-state index contributed by atoms with van der Waals surface area (Å²) in [4.78, 5) is 18.7. The van der Waals surface area contributed by atoms with Crippen molar-refractivity contribution < 1.29 is 14.2 Å². The van der Waals surface area contributed by atoms with Crippen LogP contribution in [0.3, 0.4) is 0 Å². The predicted molar refractivity (Wildman–Crippen MR) is 101 cm³/mol. The Hall–Kier alpha value is -2.57. The Morgan fingerprint density at radius 2 is 1.85 bits per heavy atom. The SMILES string of the molecule is Cc1noc(C)c1CSc1ccccc1C(=O)NOCc1ccccc1. The molecule has 0 spiro atoms. The van der Waals surface area contributed by atoms with E-state index in [-0.39, 0.29) is 5.91 Å². The topological polar surface area (TPSA) is 64.4 Å². The molecular formula is C20H20N2O3S. The summed E-state index contributed by atoms with van der Waals surface area (Å²) in [6, 6.07) is 17.2. The second kappa shape index (κ2) is 8.69. The van der Waals surface area contributed by atoms with Gasteiger partial charge in [-0.3, -0.25) is 9.63 Å². The van der Waals surface area contributed by atoms with Gasteiger partial charge in [-0.15, -0.1) is 11.8 Å². The molecule has 1 heterocycles. The molecule has 0 radical (unpaired) electrons. The number of hydrogen-bond acceptors (Lipinski definition) is 5. The van der Waals surface area contributed by atoms with Crippen LogP contribution in [0.1, 0.15) is 32.9 Å². The van der Waals surface area contributed by atoms with Crippen LogP contribution in [0.15, 0.2) is 64.0 Å². The van der Waals surface area contributed by atoms with Crippen molar-refractivity contribution in [3.63, 3.8) is 0 Å². The number of thioether (sulfide) groups is 1. The van der Waals surface area contributed by atoms with E-state index in [4.69, 9.17) is 9.36 Å². The molecule has 0 atom stereocenters. The van der Waals surface area contributed by atoms with Gasteiger partial charge < -0.3 is 4.52 Å². The molecule has 6 heteroatoms. The van der Waals surface area contributed by atoms with E-state index in [1.165, 1.54) is 0 Å². The molecule has 3 rings (SSSR count). The fraction of sp³-hybridized carbons (Fsp3) is 0.200. The van der Waals surface area contributed by atoms with E-state index in [0.717, 1.165) is 27.5 Å². The number of benzene rings is 2. The zero-order valence-electron chi connectivity index (χ0n) is 14.7. The molecule has 1 aromatic heterocycles. The van der Waals surface area contributed by atoms with Gasteiger partial charge >= 0.3 is 0 Å². The summed E-state index contributed by atoms with van der Waals surface area (Å²) < 4.78 is 5.19. The van der Waals surface area contributed by atoms with Crippen LogP contribution in [0.2, 0.25) is 0 Å². The van der Waals surface area contributed by atoms with E-state index in [9.17, 15) is 4.79 Å². The highest BCUT2D eigenvalue weighted by Crippen LogP contribution is 2.28. The summed E-state index contributed by atoms with van der Waals surface area (Å²) in [5.41, 5.74) is 6.03. The predicted octanol–water partition coefficient (Wildman–Crippen LogP) is 4.45. The summed E-state index contributed by atoms with van der Waals surface area (Å²) in [6.07, 6.45) is 0. The molecule has 0 aliphatic carbocycles. The molecule has 0 unspecified atom stereocenters. The van der Waals surface area contributed by atoms with Crippen LogP contribution < -0.4 is 5.48 Å². The Bertz CT molecular complexity index is 858. The van der Waals surface area contributed by atoms with Crippen molar-refractivity contribution in [3.8, 4) is 0 Å². The molecular weight excluding hydrogens is 348 g/mol. The lowest BCUT2D eigenvalue weighted by Crippen LogP contribution is -2.24. The molecule has 0 bridgehead atoms. The van der Waals surface area contributed by atoms with Crippen molar-refractivity contribution in [1.29, 1.82) is 0 Å². The maximum atomic E-state index is 12.5. The van der Waals surface area contributed by atoms with Crippen LogP contribution in [0.5, 0.6) is 0 Å². The Balaban J connectivity index is 1.61. The van der Waals surface area contributed by atoms with Gasteiger partial charge in [-0.1, -0.05) is 47.6 Å². The maximum Gasteiger partial charge on any atom is 0.275 e. The van der Waals surface area contributed by atoms with Crippen molar-refractivity contribution in [1.82, 2.24) is 10.6 Å². The van der Waals surface area contributed by atoms with Gasteiger partial charge in [-0.25, -0.2) is 5.48 Å². The van der Waals surface area contributed by atoms with Gasteiger partial charge in [-0.2, -0.15) is 0 Å². The first kappa shape index (κ1) is 18.2. The number of aromatic nitrogens is 1. The molecule has 134 valence electrons. The van der Waals surface area contributed by atoms with Crippen LogP contribution in [0, 0.1) is 13.8 Å². The van der Waals surface area contributed by atoms with Crippen LogP contribution in [-0.4, -0.2) is 11.1 Å². The number of aryl methyl sites for hydroxylation is 2. The largest absolute Gasteiger partial charge is 0.361 e. The van der Waals surface area contributed by atoms with Gasteiger partial charge in [-0.05, 0) is 31.5 Å². The molecule has 1 amide bonds. The van der Waals surface area contributed by atoms with E-state index < -0.39 is 0 Å². The molecule has 0 fully saturated rings. The van der Waals surface area contributed by atoms with Crippen molar-refractivity contribution in [2.45, 2.75) is 31.1 Å². The van der Waals surface area contributed by atoms with Gasteiger partial charge in [0.1, 0.15) is 5.76 Å². The van der Waals surface area contributed by atoms with Gasteiger partial charge in [0.25, 0.3) is 5.91 Å². The van der Waals surface area contributed by atoms with Gasteiger partial charge in [0, 0.05) is 16.2 Å². The van der Waals surface area contributed by atoms with Crippen LogP contribution in [0.4, 0.5) is 0 Å². The monoisotopic (exact) mass is 368 g/mol. The van der Waals surface area contributed by atoms with Crippen LogP contribution in [-0.2, 0) is 17.2 Å². The second-order valence-corrected chi connectivity index (χ2v) is 6.81. The highest BCUT2D eigenvalue weighted by Gasteiger charge is 2.14. The fourth-order valence-corrected chi connectivity index (χ4v) is 3.66. The first-order valence-corrected chi connectivity index (χ1v) is 9.23. The Kier molecular flexibility index (Phi) is 6.09. The highest BCUT2D eigenvalue weighted by molar-refractivity contribution is 7.98. The molecule has 0 saturated heterocycles. The van der Waals surface area contributed by atoms with Crippen LogP contribution in [0.25, 0.3) is 0 Å². The maximum absolute atomic E-state index is 12.5. The number of hydroxylamine groups is 1. The zero-order valence-corrected chi connectivity index (χ0v) is 15.5. The smallest absolute Gasteiger partial charge is 0.275 e. The number of nitrogens with zero attached hydrogens (tertiary/aromatic N) is 1. The van der Waals surface area contributed by atoms with Crippen molar-refractivity contribution >= 4 is 17.7 Å². The first-order chi connectivity index (χ1) is 12.6. The van der Waals surface area contributed by atoms with Gasteiger partial charge in [0.05, 0.1) is 17.9 Å². The first-order valence-electron chi connectivity index (χ1n) is 8.25. The zero-order chi connectivity index (χ0) is 18.4. The standard InChI is InChI=1S/C20H20N2O3S/c1-14-18(15(2)25-21-14)13-26-19-11-7-6-10-17(19)20(23)22-24-12-16-8-4-3-5-9-16/h3-11H,12-13H2,1-2H3,(H,22,23). The minimum Gasteiger partial charge on any atom is -0.361 e. The van der Waals surface area contributed by atoms with E-state index in [1.54, 1.807) is 17.8 Å². The molecule has 26 heavy (non-hydrogen) atoms. The summed E-state index contributed by atoms with van der Waals surface area (Å²) in [5.74, 6) is 1.24. The summed E-state index contributed by atoms with van der Waals surface area (Å²) in [5, 5.41) is 3.97. The number of rotatable bonds is 7. The number of carbonyl (C=O) groups excluding carboxylic acids is 1. The second-order valence-electron chi connectivity index (χ2n) is 5.79. The molecule has 2 aromatic carbocycles. The van der Waals surface area contributed by atoms with Crippen molar-refractivity contribution in [3.05, 3.63) is 82.7 Å². The summed E-state index contributed by atoms with van der Waals surface area (Å²) in [7, 11) is 0. The summed E-state index contributed by atoms with van der Waals surface area (Å²) in [6.45, 7) is 4.13. The minimum atomic E-state index is -0.261. The minimum absolute atomic E-state index is 0.261. The van der Waals surface area contributed by atoms with Crippen molar-refractivity contribution in [2.75, 3.05) is 0 Å². The number of amides is 1. The Morgan fingerprint density at radius 3 is 2.58 bits per heavy atom. The van der Waals surface area contributed by atoms with E-state index in [1.807, 2.05) is 62.4 Å². The average Bonchev–Trinajstić information content (AvgIpc) is 2.99. The molecule has 3 aromatic rings. The van der Waals surface area contributed by atoms with Crippen molar-refractivity contribution in [2.24, 2.45) is 0 Å². The quantitative estimate of drug-likeness (QED) is 0.493. The molecule has 1 N–H and O–H groups in total. The third-order valence-corrected chi connectivity index (χ3v) is 5.03. The molecule has 0 saturated carbocycles. The molecule has 0 aliphatic heterocycles. The molecule has 5 nitrogen and oxygen atoms in total. The lowest BCUT2D eigenvalue weighted by atomic mass is 10.2. The third kappa shape index (κ3) is 4.53. The number of carbonyl (C=O) groups is 1. The summed E-state index contributed by atoms with van der Waals surface area (Å²) >= 11 is 1.57. The lowest BCUT2D eigenvalue weighted by molar-refractivity contribution is 0.0231. The number of nitrogens with one attached hydrogen (secondary N) is 1. The Labute approximate surface area is 156 Å². The highest BCUT2D eigenvalue weighted by atomic mass is 32.2. The van der Waals surface area contributed by atoms with E-state index >= 15 is 0 Å². The normalized spacial score (nSPS) is 10.7. The molecule has 0 aliphatic rings. The van der Waals surface area contributed by atoms with Gasteiger partial charge in [0.15, 0.2) is 0 Å². The average molecular weight is 368 g/mol. The third-order valence-electron chi connectivity index (χ3n) is 3.93. The fourth-order valence-electron chi connectivity index (χ4n) is 2.45. The lowest BCUT2D eigenvalue weighted by Gasteiger charge is -2.10. The van der Waals surface area contributed by atoms with Crippen LogP contribution >= 0.6 is 11.8 Å². The van der Waals surface area contributed by atoms with Gasteiger partial charge in [0.2, 0.25) is 0 Å².